The van der Waals surface area contributed by atoms with Crippen molar-refractivity contribution in [1.29, 1.82) is 0 Å². The molecule has 2 aromatic carbocycles. The first-order chi connectivity index (χ1) is 11.1. The van der Waals surface area contributed by atoms with Crippen LogP contribution >= 0.6 is 0 Å². The lowest BCUT2D eigenvalue weighted by Crippen LogP contribution is -2.28. The molecule has 2 aromatic rings. The van der Waals surface area contributed by atoms with Gasteiger partial charge < -0.3 is 15.5 Å². The molecule has 0 saturated heterocycles. The first-order valence-corrected chi connectivity index (χ1v) is 7.76. The van der Waals surface area contributed by atoms with Crippen LogP contribution < -0.4 is 15.5 Å². The fraction of sp³-hybridized carbons (Fsp3) is 0.278. The van der Waals surface area contributed by atoms with E-state index in [1.807, 2.05) is 24.3 Å². The molecule has 0 fully saturated rings. The summed E-state index contributed by atoms with van der Waals surface area (Å²) in [5.41, 5.74) is 2.71. The highest BCUT2D eigenvalue weighted by Crippen LogP contribution is 2.17. The van der Waals surface area contributed by atoms with Crippen LogP contribution in [0.5, 0.6) is 0 Å². The van der Waals surface area contributed by atoms with Gasteiger partial charge in [-0.05, 0) is 55.8 Å². The van der Waals surface area contributed by atoms with E-state index in [1.165, 1.54) is 12.1 Å². The minimum absolute atomic E-state index is 0.286. The van der Waals surface area contributed by atoms with Crippen LogP contribution in [0.4, 0.5) is 20.6 Å². The number of amides is 2. The zero-order valence-corrected chi connectivity index (χ0v) is 13.5. The molecule has 0 heterocycles. The predicted octanol–water partition coefficient (Wildman–Crippen LogP) is 3.99. The molecule has 2 rings (SSSR count). The fourth-order valence-electron chi connectivity index (χ4n) is 2.30. The molecule has 0 bridgehead atoms. The summed E-state index contributed by atoms with van der Waals surface area (Å²) in [6.45, 7) is 6.46. The van der Waals surface area contributed by atoms with E-state index in [4.69, 9.17) is 0 Å². The van der Waals surface area contributed by atoms with Crippen molar-refractivity contribution >= 4 is 17.4 Å². The topological polar surface area (TPSA) is 44.4 Å². The Balaban J connectivity index is 1.86. The average molecular weight is 315 g/mol. The molecular formula is C18H22FN3O. The maximum atomic E-state index is 12.8. The van der Waals surface area contributed by atoms with Gasteiger partial charge in [0.05, 0.1) is 0 Å². The zero-order valence-electron chi connectivity index (χ0n) is 13.5. The minimum Gasteiger partial charge on any atom is -0.372 e. The molecule has 0 unspecified atom stereocenters. The third kappa shape index (κ3) is 4.98. The third-order valence-corrected chi connectivity index (χ3v) is 3.62. The van der Waals surface area contributed by atoms with Gasteiger partial charge in [-0.25, -0.2) is 9.18 Å². The zero-order chi connectivity index (χ0) is 16.7. The average Bonchev–Trinajstić information content (AvgIpc) is 2.57. The molecule has 0 radical (unpaired) electrons. The van der Waals surface area contributed by atoms with Crippen molar-refractivity contribution in [3.63, 3.8) is 0 Å². The van der Waals surface area contributed by atoms with Crippen LogP contribution in [0.2, 0.25) is 0 Å². The molecular weight excluding hydrogens is 293 g/mol. The molecule has 0 aromatic heterocycles. The molecule has 2 amide bonds. The Bertz CT molecular complexity index is 622. The van der Waals surface area contributed by atoms with Gasteiger partial charge in [0, 0.05) is 31.0 Å². The number of nitrogens with one attached hydrogen (secondary N) is 2. The molecule has 2 N–H and O–H groups in total. The Morgan fingerprint density at radius 1 is 1.00 bits per heavy atom. The number of urea groups is 1. The van der Waals surface area contributed by atoms with Crippen molar-refractivity contribution in [3.05, 3.63) is 59.9 Å². The lowest BCUT2D eigenvalue weighted by molar-refractivity contribution is 0.251. The predicted molar refractivity (Wildman–Crippen MR) is 92.3 cm³/mol. The maximum Gasteiger partial charge on any atom is 0.319 e. The summed E-state index contributed by atoms with van der Waals surface area (Å²) in [4.78, 5) is 14.1. The van der Waals surface area contributed by atoms with Gasteiger partial charge in [-0.15, -0.1) is 0 Å². The van der Waals surface area contributed by atoms with Crippen LogP contribution in [-0.2, 0) is 6.54 Å². The minimum atomic E-state index is -0.287. The van der Waals surface area contributed by atoms with Crippen molar-refractivity contribution in [2.24, 2.45) is 0 Å². The van der Waals surface area contributed by atoms with Gasteiger partial charge in [-0.3, -0.25) is 0 Å². The van der Waals surface area contributed by atoms with Crippen LogP contribution in [0.15, 0.2) is 48.5 Å². The lowest BCUT2D eigenvalue weighted by Gasteiger charge is -2.21. The number of nitrogens with zero attached hydrogens (tertiary/aromatic N) is 1. The largest absolute Gasteiger partial charge is 0.372 e. The van der Waals surface area contributed by atoms with Crippen molar-refractivity contribution in [1.82, 2.24) is 5.32 Å². The number of halogens is 1. The quantitative estimate of drug-likeness (QED) is 0.846. The second-order valence-electron chi connectivity index (χ2n) is 5.15. The highest BCUT2D eigenvalue weighted by Gasteiger charge is 2.04. The van der Waals surface area contributed by atoms with Crippen molar-refractivity contribution in [3.8, 4) is 0 Å². The standard InChI is InChI=1S/C18H22FN3O/c1-3-22(4-2)17-11-9-16(10-12-17)21-18(23)20-13-14-5-7-15(19)8-6-14/h5-12H,3-4,13H2,1-2H3,(H2,20,21,23). The molecule has 23 heavy (non-hydrogen) atoms. The summed E-state index contributed by atoms with van der Waals surface area (Å²) in [6.07, 6.45) is 0. The summed E-state index contributed by atoms with van der Waals surface area (Å²) in [5.74, 6) is -0.286. The van der Waals surface area contributed by atoms with Crippen LogP contribution in [0.25, 0.3) is 0 Å². The smallest absolute Gasteiger partial charge is 0.319 e. The van der Waals surface area contributed by atoms with E-state index < -0.39 is 0 Å². The summed E-state index contributed by atoms with van der Waals surface area (Å²) >= 11 is 0. The Kier molecular flexibility index (Phi) is 5.97. The van der Waals surface area contributed by atoms with E-state index in [9.17, 15) is 9.18 Å². The van der Waals surface area contributed by atoms with E-state index in [0.717, 1.165) is 30.0 Å². The van der Waals surface area contributed by atoms with E-state index >= 15 is 0 Å². The molecule has 0 aliphatic carbocycles. The maximum absolute atomic E-state index is 12.8. The van der Waals surface area contributed by atoms with E-state index in [0.29, 0.717) is 6.54 Å². The van der Waals surface area contributed by atoms with Crippen LogP contribution in [0.1, 0.15) is 19.4 Å². The summed E-state index contributed by atoms with van der Waals surface area (Å²) in [6, 6.07) is 13.5. The van der Waals surface area contributed by atoms with Crippen molar-refractivity contribution in [2.75, 3.05) is 23.3 Å². The summed E-state index contributed by atoms with van der Waals surface area (Å²) in [7, 11) is 0. The fourth-order valence-corrected chi connectivity index (χ4v) is 2.30. The Hall–Kier alpha value is -2.56. The third-order valence-electron chi connectivity index (χ3n) is 3.62. The first kappa shape index (κ1) is 16.8. The lowest BCUT2D eigenvalue weighted by atomic mass is 10.2. The number of hydrogen-bond acceptors (Lipinski definition) is 2. The second kappa shape index (κ2) is 8.17. The number of carbonyl (C=O) groups excluding carboxylic acids is 1. The van der Waals surface area contributed by atoms with E-state index in [2.05, 4.69) is 29.4 Å². The molecule has 0 aliphatic rings. The summed E-state index contributed by atoms with van der Waals surface area (Å²) in [5, 5.41) is 5.53. The van der Waals surface area contributed by atoms with Crippen LogP contribution in [0.3, 0.4) is 0 Å². The van der Waals surface area contributed by atoms with Crippen LogP contribution in [-0.4, -0.2) is 19.1 Å². The van der Waals surface area contributed by atoms with Gasteiger partial charge in [0.15, 0.2) is 0 Å². The molecule has 0 aliphatic heterocycles. The van der Waals surface area contributed by atoms with Crippen molar-refractivity contribution in [2.45, 2.75) is 20.4 Å². The highest BCUT2D eigenvalue weighted by molar-refractivity contribution is 5.89. The number of hydrogen-bond donors (Lipinski definition) is 2. The monoisotopic (exact) mass is 315 g/mol. The molecule has 0 spiro atoms. The first-order valence-electron chi connectivity index (χ1n) is 7.76. The van der Waals surface area contributed by atoms with Crippen LogP contribution in [0, 0.1) is 5.82 Å². The molecule has 5 heteroatoms. The SMILES string of the molecule is CCN(CC)c1ccc(NC(=O)NCc2ccc(F)cc2)cc1. The normalized spacial score (nSPS) is 10.2. The Labute approximate surface area is 136 Å². The van der Waals surface area contributed by atoms with Gasteiger partial charge in [0.2, 0.25) is 0 Å². The Morgan fingerprint density at radius 3 is 2.17 bits per heavy atom. The van der Waals surface area contributed by atoms with E-state index in [1.54, 1.807) is 12.1 Å². The number of rotatable bonds is 6. The van der Waals surface area contributed by atoms with E-state index in [-0.39, 0.29) is 11.8 Å². The van der Waals surface area contributed by atoms with Gasteiger partial charge in [-0.1, -0.05) is 12.1 Å². The molecule has 4 nitrogen and oxygen atoms in total. The molecule has 0 atom stereocenters. The van der Waals surface area contributed by atoms with Gasteiger partial charge in [-0.2, -0.15) is 0 Å². The second-order valence-corrected chi connectivity index (χ2v) is 5.15. The van der Waals surface area contributed by atoms with Gasteiger partial charge in [0.1, 0.15) is 5.82 Å². The molecule has 122 valence electrons. The summed E-state index contributed by atoms with van der Waals surface area (Å²) < 4.78 is 12.8. The van der Waals surface area contributed by atoms with Gasteiger partial charge in [0.25, 0.3) is 0 Å². The number of benzene rings is 2. The number of anilines is 2. The van der Waals surface area contributed by atoms with Crippen molar-refractivity contribution < 1.29 is 9.18 Å². The Morgan fingerprint density at radius 2 is 1.61 bits per heavy atom. The number of carbonyl (C=O) groups is 1. The molecule has 0 saturated carbocycles. The van der Waals surface area contributed by atoms with Gasteiger partial charge >= 0.3 is 6.03 Å². The highest BCUT2D eigenvalue weighted by atomic mass is 19.1.